The van der Waals surface area contributed by atoms with E-state index in [1.807, 2.05) is 13.8 Å². The van der Waals surface area contributed by atoms with Crippen LogP contribution in [0.4, 0.5) is 5.69 Å². The number of esters is 1. The van der Waals surface area contributed by atoms with Gasteiger partial charge in [-0.05, 0) is 25.5 Å². The molecule has 88 valence electrons. The SMILES string of the molecule is CCC(C)OC(=O)c1cc(N)c(Cl)c(Cl)c1. The Morgan fingerprint density at radius 2 is 2.12 bits per heavy atom. The molecule has 1 atom stereocenters. The molecule has 0 saturated carbocycles. The first-order valence-electron chi connectivity index (χ1n) is 4.91. The van der Waals surface area contributed by atoms with Crippen molar-refractivity contribution in [2.24, 2.45) is 0 Å². The Morgan fingerprint density at radius 3 is 2.62 bits per heavy atom. The predicted octanol–water partition coefficient (Wildman–Crippen LogP) is 3.53. The minimum Gasteiger partial charge on any atom is -0.459 e. The van der Waals surface area contributed by atoms with Gasteiger partial charge in [-0.2, -0.15) is 0 Å². The number of halogens is 2. The number of nitrogens with two attached hydrogens (primary N) is 1. The van der Waals surface area contributed by atoms with Gasteiger partial charge in [0.1, 0.15) is 0 Å². The van der Waals surface area contributed by atoms with E-state index < -0.39 is 5.97 Å². The summed E-state index contributed by atoms with van der Waals surface area (Å²) in [6.45, 7) is 3.75. The third-order valence-corrected chi connectivity index (χ3v) is 2.99. The van der Waals surface area contributed by atoms with Crippen LogP contribution in [0.15, 0.2) is 12.1 Å². The van der Waals surface area contributed by atoms with Crippen molar-refractivity contribution in [2.45, 2.75) is 26.4 Å². The number of rotatable bonds is 3. The summed E-state index contributed by atoms with van der Waals surface area (Å²) in [5.74, 6) is -0.445. The molecular formula is C11H13Cl2NO2. The van der Waals surface area contributed by atoms with Gasteiger partial charge in [0.15, 0.2) is 0 Å². The van der Waals surface area contributed by atoms with Crippen LogP contribution in [0, 0.1) is 0 Å². The summed E-state index contributed by atoms with van der Waals surface area (Å²) in [5.41, 5.74) is 6.18. The molecule has 0 bridgehead atoms. The molecule has 3 nitrogen and oxygen atoms in total. The van der Waals surface area contributed by atoms with Gasteiger partial charge in [-0.15, -0.1) is 0 Å². The Bertz CT molecular complexity index is 384. The van der Waals surface area contributed by atoms with E-state index in [2.05, 4.69) is 0 Å². The average Bonchev–Trinajstić information content (AvgIpc) is 2.24. The third-order valence-electron chi connectivity index (χ3n) is 2.18. The molecule has 0 fully saturated rings. The summed E-state index contributed by atoms with van der Waals surface area (Å²) in [4.78, 5) is 11.7. The third kappa shape index (κ3) is 3.03. The molecule has 5 heteroatoms. The number of ether oxygens (including phenoxy) is 1. The predicted molar refractivity (Wildman–Crippen MR) is 66.0 cm³/mol. The van der Waals surface area contributed by atoms with Gasteiger partial charge < -0.3 is 10.5 Å². The van der Waals surface area contributed by atoms with Crippen LogP contribution in [0.1, 0.15) is 30.6 Å². The van der Waals surface area contributed by atoms with Crippen molar-refractivity contribution in [1.82, 2.24) is 0 Å². The molecule has 0 aromatic heterocycles. The van der Waals surface area contributed by atoms with Crippen molar-refractivity contribution in [1.29, 1.82) is 0 Å². The van der Waals surface area contributed by atoms with Gasteiger partial charge in [0.05, 0.1) is 27.4 Å². The Balaban J connectivity index is 2.93. The monoisotopic (exact) mass is 261 g/mol. The summed E-state index contributed by atoms with van der Waals surface area (Å²) >= 11 is 11.6. The molecule has 0 heterocycles. The van der Waals surface area contributed by atoms with Gasteiger partial charge >= 0.3 is 5.97 Å². The average molecular weight is 262 g/mol. The molecule has 0 aliphatic rings. The molecule has 0 spiro atoms. The zero-order valence-corrected chi connectivity index (χ0v) is 10.6. The second kappa shape index (κ2) is 5.41. The zero-order chi connectivity index (χ0) is 12.3. The fraction of sp³-hybridized carbons (Fsp3) is 0.364. The summed E-state index contributed by atoms with van der Waals surface area (Å²) in [6.07, 6.45) is 0.617. The van der Waals surface area contributed by atoms with E-state index in [-0.39, 0.29) is 21.8 Å². The van der Waals surface area contributed by atoms with E-state index in [9.17, 15) is 4.79 Å². The number of hydrogen-bond donors (Lipinski definition) is 1. The summed E-state index contributed by atoms with van der Waals surface area (Å²) in [6, 6.07) is 2.91. The van der Waals surface area contributed by atoms with Crippen LogP contribution in [0.25, 0.3) is 0 Å². The number of carbonyl (C=O) groups is 1. The zero-order valence-electron chi connectivity index (χ0n) is 9.09. The highest BCUT2D eigenvalue weighted by Crippen LogP contribution is 2.29. The first-order valence-corrected chi connectivity index (χ1v) is 5.66. The van der Waals surface area contributed by atoms with Crippen LogP contribution < -0.4 is 5.73 Å². The molecule has 1 rings (SSSR count). The van der Waals surface area contributed by atoms with Crippen LogP contribution in [0.2, 0.25) is 10.0 Å². The molecule has 0 amide bonds. The smallest absolute Gasteiger partial charge is 0.338 e. The lowest BCUT2D eigenvalue weighted by molar-refractivity contribution is 0.0334. The fourth-order valence-corrected chi connectivity index (χ4v) is 1.40. The van der Waals surface area contributed by atoms with E-state index in [1.54, 1.807) is 0 Å². The molecule has 1 aromatic rings. The molecular weight excluding hydrogens is 249 g/mol. The molecule has 16 heavy (non-hydrogen) atoms. The molecule has 2 N–H and O–H groups in total. The van der Waals surface area contributed by atoms with Gasteiger partial charge in [0, 0.05) is 0 Å². The lowest BCUT2D eigenvalue weighted by Crippen LogP contribution is -2.14. The summed E-state index contributed by atoms with van der Waals surface area (Å²) < 4.78 is 5.14. The quantitative estimate of drug-likeness (QED) is 0.669. The highest BCUT2D eigenvalue weighted by Gasteiger charge is 2.14. The van der Waals surface area contributed by atoms with Gasteiger partial charge in [-0.25, -0.2) is 4.79 Å². The van der Waals surface area contributed by atoms with Crippen molar-refractivity contribution in [3.8, 4) is 0 Å². The van der Waals surface area contributed by atoms with Crippen LogP contribution in [0.3, 0.4) is 0 Å². The summed E-state index contributed by atoms with van der Waals surface area (Å²) in [5, 5.41) is 0.500. The molecule has 1 aromatic carbocycles. The van der Waals surface area contributed by atoms with E-state index in [0.29, 0.717) is 5.56 Å². The Hall–Kier alpha value is -0.930. The van der Waals surface area contributed by atoms with Crippen molar-refractivity contribution in [3.05, 3.63) is 27.7 Å². The fourth-order valence-electron chi connectivity index (χ4n) is 1.06. The Morgan fingerprint density at radius 1 is 1.50 bits per heavy atom. The van der Waals surface area contributed by atoms with Crippen LogP contribution in [0.5, 0.6) is 0 Å². The highest BCUT2D eigenvalue weighted by molar-refractivity contribution is 6.43. The highest BCUT2D eigenvalue weighted by atomic mass is 35.5. The number of hydrogen-bond acceptors (Lipinski definition) is 3. The molecule has 0 aliphatic heterocycles. The maximum Gasteiger partial charge on any atom is 0.338 e. The van der Waals surface area contributed by atoms with E-state index in [4.69, 9.17) is 33.7 Å². The lowest BCUT2D eigenvalue weighted by atomic mass is 10.2. The first kappa shape index (κ1) is 13.1. The minimum absolute atomic E-state index is 0.136. The van der Waals surface area contributed by atoms with Gasteiger partial charge in [-0.3, -0.25) is 0 Å². The molecule has 1 unspecified atom stereocenters. The van der Waals surface area contributed by atoms with Crippen LogP contribution in [-0.4, -0.2) is 12.1 Å². The van der Waals surface area contributed by atoms with Crippen molar-refractivity contribution >= 4 is 34.9 Å². The van der Waals surface area contributed by atoms with Gasteiger partial charge in [-0.1, -0.05) is 30.1 Å². The second-order valence-electron chi connectivity index (χ2n) is 3.49. The number of carbonyl (C=O) groups excluding carboxylic acids is 1. The van der Waals surface area contributed by atoms with Crippen molar-refractivity contribution in [2.75, 3.05) is 5.73 Å². The molecule has 0 saturated heterocycles. The topological polar surface area (TPSA) is 52.3 Å². The van der Waals surface area contributed by atoms with Crippen LogP contribution >= 0.6 is 23.2 Å². The maximum atomic E-state index is 11.7. The second-order valence-corrected chi connectivity index (χ2v) is 4.27. The Kier molecular flexibility index (Phi) is 4.44. The largest absolute Gasteiger partial charge is 0.459 e. The van der Waals surface area contributed by atoms with Crippen molar-refractivity contribution in [3.63, 3.8) is 0 Å². The number of benzene rings is 1. The lowest BCUT2D eigenvalue weighted by Gasteiger charge is -2.11. The number of nitrogen functional groups attached to an aromatic ring is 1. The van der Waals surface area contributed by atoms with Crippen LogP contribution in [-0.2, 0) is 4.74 Å². The standard InChI is InChI=1S/C11H13Cl2NO2/c1-3-6(2)16-11(15)7-4-8(12)10(13)9(14)5-7/h4-6H,3,14H2,1-2H3. The molecule has 0 aliphatic carbocycles. The van der Waals surface area contributed by atoms with E-state index in [0.717, 1.165) is 6.42 Å². The normalized spacial score (nSPS) is 12.2. The van der Waals surface area contributed by atoms with E-state index >= 15 is 0 Å². The summed E-state index contributed by atoms with van der Waals surface area (Å²) in [7, 11) is 0. The van der Waals surface area contributed by atoms with Crippen molar-refractivity contribution < 1.29 is 9.53 Å². The first-order chi connectivity index (χ1) is 7.45. The van der Waals surface area contributed by atoms with Gasteiger partial charge in [0.25, 0.3) is 0 Å². The Labute approximate surface area is 104 Å². The van der Waals surface area contributed by atoms with E-state index in [1.165, 1.54) is 12.1 Å². The minimum atomic E-state index is -0.445. The van der Waals surface area contributed by atoms with Gasteiger partial charge in [0.2, 0.25) is 0 Å². The number of anilines is 1. The maximum absolute atomic E-state index is 11.7. The molecule has 0 radical (unpaired) electrons.